The Bertz CT molecular complexity index is 311. The molecule has 1 atom stereocenters. The molecule has 0 aliphatic heterocycles. The van der Waals surface area contributed by atoms with E-state index in [1.54, 1.807) is 6.92 Å². The van der Waals surface area contributed by atoms with Crippen molar-refractivity contribution in [2.75, 3.05) is 6.61 Å². The number of rotatable bonds is 3. The molecule has 4 heteroatoms. The van der Waals surface area contributed by atoms with Gasteiger partial charge in [0, 0.05) is 18.0 Å². The van der Waals surface area contributed by atoms with Gasteiger partial charge in [-0.2, -0.15) is 0 Å². The highest BCUT2D eigenvalue weighted by Gasteiger charge is 2.36. The largest absolute Gasteiger partial charge is 0.463 e. The first-order valence-electron chi connectivity index (χ1n) is 4.35. The van der Waals surface area contributed by atoms with Crippen LogP contribution in [-0.4, -0.2) is 17.6 Å². The van der Waals surface area contributed by atoms with Gasteiger partial charge in [0.25, 0.3) is 0 Å². The average molecular weight is 197 g/mol. The molecule has 0 N–H and O–H groups in total. The third-order valence-electron chi connectivity index (χ3n) is 1.88. The summed E-state index contributed by atoms with van der Waals surface area (Å²) in [5, 5.41) is 0. The highest BCUT2D eigenvalue weighted by atomic mass is 19.1. The van der Waals surface area contributed by atoms with Gasteiger partial charge in [0.05, 0.1) is 6.61 Å². The molecule has 0 saturated heterocycles. The van der Waals surface area contributed by atoms with E-state index in [9.17, 15) is 9.18 Å². The van der Waals surface area contributed by atoms with Crippen LogP contribution < -0.4 is 0 Å². The number of alkyl halides is 1. The number of halogens is 1. The molecule has 1 unspecified atom stereocenters. The standard InChI is InChI=1S/C10H12FNO2/c1-3-14-9(13)10(2,11)8-4-6-12-7-5-8/h4-7H,3H2,1-2H3. The smallest absolute Gasteiger partial charge is 0.348 e. The predicted molar refractivity (Wildman–Crippen MR) is 49.3 cm³/mol. The van der Waals surface area contributed by atoms with E-state index >= 15 is 0 Å². The molecule has 0 saturated carbocycles. The van der Waals surface area contributed by atoms with Gasteiger partial charge in [0.15, 0.2) is 0 Å². The van der Waals surface area contributed by atoms with E-state index in [1.165, 1.54) is 31.5 Å². The molecule has 0 aliphatic rings. The summed E-state index contributed by atoms with van der Waals surface area (Å²) in [6.07, 6.45) is 2.87. The fourth-order valence-electron chi connectivity index (χ4n) is 1.05. The van der Waals surface area contributed by atoms with Crippen LogP contribution in [0.3, 0.4) is 0 Å². The summed E-state index contributed by atoms with van der Waals surface area (Å²) in [5.41, 5.74) is -1.84. The molecule has 1 aromatic heterocycles. The Morgan fingerprint density at radius 3 is 2.64 bits per heavy atom. The van der Waals surface area contributed by atoms with Gasteiger partial charge in [-0.25, -0.2) is 9.18 Å². The van der Waals surface area contributed by atoms with Crippen LogP contribution in [0.25, 0.3) is 0 Å². The molecule has 14 heavy (non-hydrogen) atoms. The predicted octanol–water partition coefficient (Wildman–Crippen LogP) is 1.83. The van der Waals surface area contributed by atoms with Gasteiger partial charge in [-0.05, 0) is 26.0 Å². The lowest BCUT2D eigenvalue weighted by molar-refractivity contribution is -0.156. The van der Waals surface area contributed by atoms with Crippen LogP contribution in [0, 0.1) is 0 Å². The van der Waals surface area contributed by atoms with Crippen molar-refractivity contribution in [2.24, 2.45) is 0 Å². The summed E-state index contributed by atoms with van der Waals surface area (Å²) in [4.78, 5) is 15.0. The van der Waals surface area contributed by atoms with Crippen molar-refractivity contribution in [3.8, 4) is 0 Å². The lowest BCUT2D eigenvalue weighted by Gasteiger charge is -2.18. The molecule has 0 aliphatic carbocycles. The molecule has 0 radical (unpaired) electrons. The monoisotopic (exact) mass is 197 g/mol. The lowest BCUT2D eigenvalue weighted by atomic mass is 10.00. The number of ether oxygens (including phenoxy) is 1. The molecule has 1 aromatic rings. The molecule has 76 valence electrons. The molecule has 0 amide bonds. The van der Waals surface area contributed by atoms with E-state index in [2.05, 4.69) is 9.72 Å². The van der Waals surface area contributed by atoms with Crippen LogP contribution >= 0.6 is 0 Å². The molecular formula is C10H12FNO2. The number of pyridine rings is 1. The molecule has 1 rings (SSSR count). The molecule has 3 nitrogen and oxygen atoms in total. The Labute approximate surface area is 81.9 Å². The Kier molecular flexibility index (Phi) is 3.17. The van der Waals surface area contributed by atoms with Gasteiger partial charge < -0.3 is 4.74 Å². The van der Waals surface area contributed by atoms with Crippen LogP contribution in [0.1, 0.15) is 19.4 Å². The van der Waals surface area contributed by atoms with E-state index in [0.29, 0.717) is 0 Å². The van der Waals surface area contributed by atoms with Gasteiger partial charge in [-0.1, -0.05) is 0 Å². The quantitative estimate of drug-likeness (QED) is 0.694. The van der Waals surface area contributed by atoms with Crippen molar-refractivity contribution in [3.63, 3.8) is 0 Å². The number of hydrogen-bond donors (Lipinski definition) is 0. The maximum absolute atomic E-state index is 13.9. The fraction of sp³-hybridized carbons (Fsp3) is 0.400. The van der Waals surface area contributed by atoms with E-state index in [4.69, 9.17) is 0 Å². The maximum atomic E-state index is 13.9. The van der Waals surface area contributed by atoms with E-state index in [-0.39, 0.29) is 12.2 Å². The van der Waals surface area contributed by atoms with Crippen molar-refractivity contribution in [3.05, 3.63) is 30.1 Å². The Morgan fingerprint density at radius 2 is 2.14 bits per heavy atom. The van der Waals surface area contributed by atoms with Gasteiger partial charge in [0.2, 0.25) is 5.67 Å². The number of carbonyl (C=O) groups is 1. The summed E-state index contributed by atoms with van der Waals surface area (Å²) in [6.45, 7) is 2.99. The minimum absolute atomic E-state index is 0.170. The SMILES string of the molecule is CCOC(=O)C(C)(F)c1ccncc1. The van der Waals surface area contributed by atoms with E-state index in [1.807, 2.05) is 0 Å². The van der Waals surface area contributed by atoms with Crippen LogP contribution in [0.5, 0.6) is 0 Å². The normalized spacial score (nSPS) is 14.5. The number of aromatic nitrogens is 1. The number of nitrogens with zero attached hydrogens (tertiary/aromatic N) is 1. The summed E-state index contributed by atoms with van der Waals surface area (Å²) in [7, 11) is 0. The van der Waals surface area contributed by atoms with E-state index in [0.717, 1.165) is 0 Å². The fourth-order valence-corrected chi connectivity index (χ4v) is 1.05. The second kappa shape index (κ2) is 4.17. The number of hydrogen-bond acceptors (Lipinski definition) is 3. The topological polar surface area (TPSA) is 39.2 Å². The average Bonchev–Trinajstić information content (AvgIpc) is 2.19. The van der Waals surface area contributed by atoms with Crippen LogP contribution in [-0.2, 0) is 15.2 Å². The molecule has 1 heterocycles. The van der Waals surface area contributed by atoms with Crippen molar-refractivity contribution in [1.82, 2.24) is 4.98 Å². The van der Waals surface area contributed by atoms with Crippen molar-refractivity contribution >= 4 is 5.97 Å². The van der Waals surface area contributed by atoms with Gasteiger partial charge in [-0.15, -0.1) is 0 Å². The third-order valence-corrected chi connectivity index (χ3v) is 1.88. The van der Waals surface area contributed by atoms with E-state index < -0.39 is 11.6 Å². The van der Waals surface area contributed by atoms with Gasteiger partial charge in [0.1, 0.15) is 0 Å². The molecule has 0 bridgehead atoms. The number of esters is 1. The Morgan fingerprint density at radius 1 is 1.57 bits per heavy atom. The molecule has 0 aromatic carbocycles. The Hall–Kier alpha value is -1.45. The summed E-state index contributed by atoms with van der Waals surface area (Å²) >= 11 is 0. The first-order valence-corrected chi connectivity index (χ1v) is 4.35. The highest BCUT2D eigenvalue weighted by molar-refractivity contribution is 5.80. The maximum Gasteiger partial charge on any atom is 0.348 e. The minimum atomic E-state index is -2.10. The number of carbonyl (C=O) groups excluding carboxylic acids is 1. The first kappa shape index (κ1) is 10.6. The zero-order chi connectivity index (χ0) is 10.6. The van der Waals surface area contributed by atoms with Crippen LogP contribution in [0.15, 0.2) is 24.5 Å². The minimum Gasteiger partial charge on any atom is -0.463 e. The van der Waals surface area contributed by atoms with Crippen molar-refractivity contribution < 1.29 is 13.9 Å². The second-order valence-corrected chi connectivity index (χ2v) is 2.96. The molecular weight excluding hydrogens is 185 g/mol. The van der Waals surface area contributed by atoms with Gasteiger partial charge in [-0.3, -0.25) is 4.98 Å². The summed E-state index contributed by atoms with van der Waals surface area (Å²) in [6, 6.07) is 2.91. The second-order valence-electron chi connectivity index (χ2n) is 2.96. The molecule has 0 spiro atoms. The summed E-state index contributed by atoms with van der Waals surface area (Å²) in [5.74, 6) is -0.869. The van der Waals surface area contributed by atoms with Crippen molar-refractivity contribution in [1.29, 1.82) is 0 Å². The van der Waals surface area contributed by atoms with Crippen molar-refractivity contribution in [2.45, 2.75) is 19.5 Å². The Balaban J connectivity index is 2.90. The lowest BCUT2D eigenvalue weighted by Crippen LogP contribution is -2.29. The zero-order valence-electron chi connectivity index (χ0n) is 8.16. The third kappa shape index (κ3) is 2.07. The highest BCUT2D eigenvalue weighted by Crippen LogP contribution is 2.26. The molecule has 0 fully saturated rings. The van der Waals surface area contributed by atoms with Gasteiger partial charge >= 0.3 is 5.97 Å². The van der Waals surface area contributed by atoms with Crippen LogP contribution in [0.2, 0.25) is 0 Å². The summed E-state index contributed by atoms with van der Waals surface area (Å²) < 4.78 is 18.5. The van der Waals surface area contributed by atoms with Crippen LogP contribution in [0.4, 0.5) is 4.39 Å². The first-order chi connectivity index (χ1) is 6.59. The zero-order valence-corrected chi connectivity index (χ0v) is 8.16.